The number of hydrogen-bond acceptors (Lipinski definition) is 3. The van der Waals surface area contributed by atoms with Crippen LogP contribution in [0.25, 0.3) is 0 Å². The fourth-order valence-corrected chi connectivity index (χ4v) is 2.34. The monoisotopic (exact) mass is 272 g/mol. The maximum atomic E-state index is 4.50. The normalized spacial score (nSPS) is 12.5. The zero-order valence-electron chi connectivity index (χ0n) is 12.4. The Morgan fingerprint density at radius 3 is 2.75 bits per heavy atom. The molecule has 0 saturated carbocycles. The molecule has 0 aliphatic carbocycles. The van der Waals surface area contributed by atoms with Gasteiger partial charge >= 0.3 is 0 Å². The standard InChI is InChI=1S/C16H24N4/c1-3-8-17-15(14-7-5-6-9-18-14)13-16-19-10-12-20(16)11-4-2/h5-7,9-10,12,15,17H,3-4,8,11,13H2,1-2H3. The largest absolute Gasteiger partial charge is 0.335 e. The highest BCUT2D eigenvalue weighted by atomic mass is 15.1. The van der Waals surface area contributed by atoms with Gasteiger partial charge in [0.2, 0.25) is 0 Å². The van der Waals surface area contributed by atoms with Gasteiger partial charge < -0.3 is 9.88 Å². The highest BCUT2D eigenvalue weighted by Crippen LogP contribution is 2.16. The summed E-state index contributed by atoms with van der Waals surface area (Å²) < 4.78 is 2.24. The van der Waals surface area contributed by atoms with Gasteiger partial charge in [-0.1, -0.05) is 19.9 Å². The summed E-state index contributed by atoms with van der Waals surface area (Å²) in [5, 5.41) is 3.58. The predicted octanol–water partition coefficient (Wildman–Crippen LogP) is 2.97. The van der Waals surface area contributed by atoms with Crippen LogP contribution in [0.1, 0.15) is 44.2 Å². The molecule has 0 radical (unpaired) electrons. The van der Waals surface area contributed by atoms with E-state index < -0.39 is 0 Å². The Morgan fingerprint density at radius 1 is 1.15 bits per heavy atom. The molecule has 0 aliphatic heterocycles. The Kier molecular flexibility index (Phi) is 5.74. The van der Waals surface area contributed by atoms with Crippen molar-refractivity contribution in [3.63, 3.8) is 0 Å². The molecular formula is C16H24N4. The first-order valence-electron chi connectivity index (χ1n) is 7.49. The topological polar surface area (TPSA) is 42.7 Å². The molecule has 20 heavy (non-hydrogen) atoms. The van der Waals surface area contributed by atoms with Gasteiger partial charge in [0.25, 0.3) is 0 Å². The third kappa shape index (κ3) is 3.90. The average Bonchev–Trinajstić information content (AvgIpc) is 2.92. The van der Waals surface area contributed by atoms with Crippen molar-refractivity contribution >= 4 is 0 Å². The molecule has 0 bridgehead atoms. The molecule has 0 aromatic carbocycles. The molecule has 1 N–H and O–H groups in total. The van der Waals surface area contributed by atoms with E-state index in [0.29, 0.717) is 0 Å². The Morgan fingerprint density at radius 2 is 2.05 bits per heavy atom. The lowest BCUT2D eigenvalue weighted by Crippen LogP contribution is -2.26. The van der Waals surface area contributed by atoms with E-state index in [1.165, 1.54) is 0 Å². The molecule has 2 aromatic rings. The molecule has 108 valence electrons. The van der Waals surface area contributed by atoms with E-state index in [9.17, 15) is 0 Å². The van der Waals surface area contributed by atoms with Crippen molar-refractivity contribution in [1.29, 1.82) is 0 Å². The maximum absolute atomic E-state index is 4.50. The molecule has 0 spiro atoms. The Balaban J connectivity index is 2.13. The summed E-state index contributed by atoms with van der Waals surface area (Å²) in [7, 11) is 0. The summed E-state index contributed by atoms with van der Waals surface area (Å²) in [5.41, 5.74) is 1.09. The van der Waals surface area contributed by atoms with Gasteiger partial charge in [0, 0.05) is 31.6 Å². The summed E-state index contributed by atoms with van der Waals surface area (Å²) in [5.74, 6) is 1.13. The molecule has 1 atom stereocenters. The molecule has 2 aromatic heterocycles. The third-order valence-electron chi connectivity index (χ3n) is 3.34. The van der Waals surface area contributed by atoms with Crippen LogP contribution in [0, 0.1) is 0 Å². The summed E-state index contributed by atoms with van der Waals surface area (Å²) in [6.45, 7) is 6.39. The molecule has 4 nitrogen and oxygen atoms in total. The minimum Gasteiger partial charge on any atom is -0.335 e. The van der Waals surface area contributed by atoms with Gasteiger partial charge in [-0.15, -0.1) is 0 Å². The average molecular weight is 272 g/mol. The van der Waals surface area contributed by atoms with E-state index in [2.05, 4.69) is 46.0 Å². The number of hydrogen-bond donors (Lipinski definition) is 1. The second-order valence-corrected chi connectivity index (χ2v) is 5.00. The van der Waals surface area contributed by atoms with Crippen LogP contribution in [-0.2, 0) is 13.0 Å². The van der Waals surface area contributed by atoms with Crippen molar-refractivity contribution in [2.75, 3.05) is 6.54 Å². The first kappa shape index (κ1) is 14.7. The van der Waals surface area contributed by atoms with Gasteiger partial charge in [-0.05, 0) is 31.5 Å². The fourth-order valence-electron chi connectivity index (χ4n) is 2.34. The molecule has 0 aliphatic rings. The van der Waals surface area contributed by atoms with Gasteiger partial charge in [-0.25, -0.2) is 4.98 Å². The summed E-state index contributed by atoms with van der Waals surface area (Å²) >= 11 is 0. The van der Waals surface area contributed by atoms with Gasteiger partial charge in [-0.2, -0.15) is 0 Å². The minimum atomic E-state index is 0.231. The van der Waals surface area contributed by atoms with Crippen LogP contribution in [0.4, 0.5) is 0 Å². The number of pyridine rings is 1. The van der Waals surface area contributed by atoms with Crippen LogP contribution in [0.3, 0.4) is 0 Å². The number of nitrogens with zero attached hydrogens (tertiary/aromatic N) is 3. The van der Waals surface area contributed by atoms with E-state index in [-0.39, 0.29) is 6.04 Å². The van der Waals surface area contributed by atoms with Crippen LogP contribution in [-0.4, -0.2) is 21.1 Å². The van der Waals surface area contributed by atoms with Crippen LogP contribution < -0.4 is 5.32 Å². The SMILES string of the molecule is CCCNC(Cc1nccn1CCC)c1ccccn1. The number of aromatic nitrogens is 3. The van der Waals surface area contributed by atoms with Crippen LogP contribution >= 0.6 is 0 Å². The van der Waals surface area contributed by atoms with Crippen LogP contribution in [0.5, 0.6) is 0 Å². The summed E-state index contributed by atoms with van der Waals surface area (Å²) in [6, 6.07) is 6.31. The van der Waals surface area contributed by atoms with Crippen molar-refractivity contribution in [3.8, 4) is 0 Å². The maximum Gasteiger partial charge on any atom is 0.110 e. The van der Waals surface area contributed by atoms with Gasteiger partial charge in [0.15, 0.2) is 0 Å². The Labute approximate surface area is 121 Å². The lowest BCUT2D eigenvalue weighted by atomic mass is 10.1. The molecule has 0 saturated heterocycles. The second kappa shape index (κ2) is 7.80. The zero-order valence-corrected chi connectivity index (χ0v) is 12.4. The first-order chi connectivity index (χ1) is 9.85. The summed E-state index contributed by atoms with van der Waals surface area (Å²) in [6.07, 6.45) is 8.93. The van der Waals surface area contributed by atoms with Crippen LogP contribution in [0.15, 0.2) is 36.8 Å². The number of rotatable bonds is 8. The van der Waals surface area contributed by atoms with Crippen molar-refractivity contribution in [2.24, 2.45) is 0 Å². The lowest BCUT2D eigenvalue weighted by molar-refractivity contribution is 0.492. The summed E-state index contributed by atoms with van der Waals surface area (Å²) in [4.78, 5) is 8.99. The molecular weight excluding hydrogens is 248 g/mol. The van der Waals surface area contributed by atoms with Crippen molar-refractivity contribution in [2.45, 2.75) is 45.7 Å². The molecule has 0 fully saturated rings. The quantitative estimate of drug-likeness (QED) is 0.803. The van der Waals surface area contributed by atoms with E-state index in [1.54, 1.807) is 0 Å². The molecule has 2 rings (SSSR count). The van der Waals surface area contributed by atoms with Crippen molar-refractivity contribution < 1.29 is 0 Å². The highest BCUT2D eigenvalue weighted by Gasteiger charge is 2.15. The Bertz CT molecular complexity index is 492. The van der Waals surface area contributed by atoms with E-state index in [0.717, 1.165) is 43.9 Å². The van der Waals surface area contributed by atoms with E-state index >= 15 is 0 Å². The molecule has 4 heteroatoms. The minimum absolute atomic E-state index is 0.231. The zero-order chi connectivity index (χ0) is 14.2. The van der Waals surface area contributed by atoms with Crippen LogP contribution in [0.2, 0.25) is 0 Å². The smallest absolute Gasteiger partial charge is 0.110 e. The lowest BCUT2D eigenvalue weighted by Gasteiger charge is -2.18. The van der Waals surface area contributed by atoms with Gasteiger partial charge in [-0.3, -0.25) is 4.98 Å². The number of imidazole rings is 1. The second-order valence-electron chi connectivity index (χ2n) is 5.00. The first-order valence-corrected chi connectivity index (χ1v) is 7.49. The fraction of sp³-hybridized carbons (Fsp3) is 0.500. The highest BCUT2D eigenvalue weighted by molar-refractivity contribution is 5.11. The van der Waals surface area contributed by atoms with Crippen molar-refractivity contribution in [3.05, 3.63) is 48.3 Å². The number of nitrogens with one attached hydrogen (secondary N) is 1. The third-order valence-corrected chi connectivity index (χ3v) is 3.34. The van der Waals surface area contributed by atoms with E-state index in [4.69, 9.17) is 0 Å². The molecule has 1 unspecified atom stereocenters. The Hall–Kier alpha value is -1.68. The number of aryl methyl sites for hydroxylation is 1. The van der Waals surface area contributed by atoms with Gasteiger partial charge in [0.05, 0.1) is 11.7 Å². The molecule has 2 heterocycles. The van der Waals surface area contributed by atoms with Crippen molar-refractivity contribution in [1.82, 2.24) is 19.9 Å². The van der Waals surface area contributed by atoms with Gasteiger partial charge in [0.1, 0.15) is 5.82 Å². The predicted molar refractivity (Wildman–Crippen MR) is 81.5 cm³/mol. The van der Waals surface area contributed by atoms with E-state index in [1.807, 2.05) is 24.5 Å². The molecule has 0 amide bonds.